The van der Waals surface area contributed by atoms with Gasteiger partial charge in [-0.3, -0.25) is 0 Å². The number of hydrogen-bond donors (Lipinski definition) is 4. The smallest absolute Gasteiger partial charge is 0.312 e. The number of amides is 2. The monoisotopic (exact) mass is 263 g/mol. The predicted octanol–water partition coefficient (Wildman–Crippen LogP) is -0.953. The first-order valence-electron chi connectivity index (χ1n) is 6.13. The molecule has 7 nitrogen and oxygen atoms in total. The normalized spacial score (nSPS) is 12.7. The number of carbonyl (C=O) groups excluding carboxylic acids is 1. The minimum absolute atomic E-state index is 0.193. The summed E-state index contributed by atoms with van der Waals surface area (Å²) in [7, 11) is 0. The number of carbonyl (C=O) groups is 1. The van der Waals surface area contributed by atoms with Crippen LogP contribution in [0.4, 0.5) is 4.79 Å². The van der Waals surface area contributed by atoms with Crippen molar-refractivity contribution in [2.75, 3.05) is 39.5 Å². The number of urea groups is 1. The van der Waals surface area contributed by atoms with E-state index in [-0.39, 0.29) is 12.7 Å². The molecule has 2 amide bonds. The minimum Gasteiger partial charge on any atom is -0.389 e. The summed E-state index contributed by atoms with van der Waals surface area (Å²) in [5, 5.41) is 14.9. The van der Waals surface area contributed by atoms with Crippen molar-refractivity contribution in [1.82, 2.24) is 10.6 Å². The Morgan fingerprint density at radius 3 is 2.67 bits per heavy atom. The van der Waals surface area contributed by atoms with Gasteiger partial charge in [0.2, 0.25) is 0 Å². The Morgan fingerprint density at radius 1 is 1.33 bits per heavy atom. The van der Waals surface area contributed by atoms with Crippen LogP contribution in [0.5, 0.6) is 0 Å². The highest BCUT2D eigenvalue weighted by atomic mass is 16.5. The second-order valence-electron chi connectivity index (χ2n) is 4.14. The molecule has 0 aliphatic carbocycles. The molecule has 0 radical (unpaired) electrons. The molecule has 0 aliphatic heterocycles. The van der Waals surface area contributed by atoms with Crippen LogP contribution < -0.4 is 16.4 Å². The molecular weight excluding hydrogens is 238 g/mol. The summed E-state index contributed by atoms with van der Waals surface area (Å²) >= 11 is 0. The number of nitrogens with two attached hydrogens (primary N) is 1. The van der Waals surface area contributed by atoms with Gasteiger partial charge in [0.05, 0.1) is 32.0 Å². The SMILES string of the molecule is CC(C)OCCOCC(O)CNCCNC(N)=O. The van der Waals surface area contributed by atoms with Gasteiger partial charge in [-0.25, -0.2) is 4.79 Å². The molecule has 7 heteroatoms. The first kappa shape index (κ1) is 17.1. The predicted molar refractivity (Wildman–Crippen MR) is 68.4 cm³/mol. The summed E-state index contributed by atoms with van der Waals surface area (Å²) in [6.07, 6.45) is -0.379. The van der Waals surface area contributed by atoms with Crippen molar-refractivity contribution in [2.45, 2.75) is 26.1 Å². The lowest BCUT2D eigenvalue weighted by Gasteiger charge is -2.13. The average molecular weight is 263 g/mol. The van der Waals surface area contributed by atoms with Gasteiger partial charge in [-0.1, -0.05) is 0 Å². The largest absolute Gasteiger partial charge is 0.389 e. The Bertz CT molecular complexity index is 214. The van der Waals surface area contributed by atoms with E-state index in [2.05, 4.69) is 10.6 Å². The van der Waals surface area contributed by atoms with E-state index >= 15 is 0 Å². The molecule has 0 heterocycles. The molecule has 18 heavy (non-hydrogen) atoms. The van der Waals surface area contributed by atoms with E-state index in [1.54, 1.807) is 0 Å². The summed E-state index contributed by atoms with van der Waals surface area (Å²) in [5.41, 5.74) is 4.89. The van der Waals surface area contributed by atoms with Crippen molar-refractivity contribution in [3.8, 4) is 0 Å². The summed E-state index contributed by atoms with van der Waals surface area (Å²) in [6.45, 7) is 6.57. The van der Waals surface area contributed by atoms with Crippen LogP contribution in [0.3, 0.4) is 0 Å². The Hall–Kier alpha value is -0.890. The van der Waals surface area contributed by atoms with Crippen LogP contribution in [0, 0.1) is 0 Å². The highest BCUT2D eigenvalue weighted by molar-refractivity contribution is 5.71. The number of hydrogen-bond acceptors (Lipinski definition) is 5. The molecule has 0 aromatic carbocycles. The average Bonchev–Trinajstić information content (AvgIpc) is 2.27. The third-order valence-corrected chi connectivity index (χ3v) is 1.97. The number of ether oxygens (including phenoxy) is 2. The number of rotatable bonds is 11. The molecule has 0 bridgehead atoms. The van der Waals surface area contributed by atoms with E-state index in [0.717, 1.165) is 0 Å². The van der Waals surface area contributed by atoms with E-state index in [4.69, 9.17) is 15.2 Å². The number of aliphatic hydroxyl groups is 1. The van der Waals surface area contributed by atoms with Gasteiger partial charge in [-0.05, 0) is 13.8 Å². The quantitative estimate of drug-likeness (QED) is 0.360. The molecule has 0 spiro atoms. The molecule has 0 rings (SSSR count). The molecule has 0 aromatic heterocycles. The molecular formula is C11H25N3O4. The van der Waals surface area contributed by atoms with Crippen LogP contribution in [0.15, 0.2) is 0 Å². The molecule has 0 aliphatic rings. The maximum atomic E-state index is 10.3. The van der Waals surface area contributed by atoms with Crippen LogP contribution in [0.1, 0.15) is 13.8 Å². The van der Waals surface area contributed by atoms with Crippen LogP contribution in [0.25, 0.3) is 0 Å². The molecule has 1 atom stereocenters. The maximum absolute atomic E-state index is 10.3. The fourth-order valence-corrected chi connectivity index (χ4v) is 1.16. The minimum atomic E-state index is -0.572. The van der Waals surface area contributed by atoms with Crippen molar-refractivity contribution < 1.29 is 19.4 Å². The van der Waals surface area contributed by atoms with Gasteiger partial charge < -0.3 is 30.9 Å². The fraction of sp³-hybridized carbons (Fsp3) is 0.909. The Balaban J connectivity index is 3.22. The van der Waals surface area contributed by atoms with E-state index in [9.17, 15) is 9.90 Å². The van der Waals surface area contributed by atoms with Crippen molar-refractivity contribution in [1.29, 1.82) is 0 Å². The van der Waals surface area contributed by atoms with Crippen molar-refractivity contribution >= 4 is 6.03 Å². The van der Waals surface area contributed by atoms with Crippen LogP contribution in [0.2, 0.25) is 0 Å². The zero-order chi connectivity index (χ0) is 13.8. The van der Waals surface area contributed by atoms with Gasteiger partial charge in [0.1, 0.15) is 0 Å². The lowest BCUT2D eigenvalue weighted by molar-refractivity contribution is -0.00987. The highest BCUT2D eigenvalue weighted by Crippen LogP contribution is 1.89. The van der Waals surface area contributed by atoms with Gasteiger partial charge in [-0.15, -0.1) is 0 Å². The third kappa shape index (κ3) is 13.2. The molecule has 0 saturated carbocycles. The summed E-state index contributed by atoms with van der Waals surface area (Å²) in [6, 6.07) is -0.550. The van der Waals surface area contributed by atoms with Crippen molar-refractivity contribution in [3.63, 3.8) is 0 Å². The number of aliphatic hydroxyl groups excluding tert-OH is 1. The number of nitrogens with one attached hydrogen (secondary N) is 2. The molecule has 0 aromatic rings. The Labute approximate surface area is 108 Å². The molecule has 5 N–H and O–H groups in total. The van der Waals surface area contributed by atoms with Gasteiger partial charge in [-0.2, -0.15) is 0 Å². The van der Waals surface area contributed by atoms with Crippen LogP contribution in [-0.2, 0) is 9.47 Å². The van der Waals surface area contributed by atoms with E-state index in [1.807, 2.05) is 13.8 Å². The Morgan fingerprint density at radius 2 is 2.06 bits per heavy atom. The van der Waals surface area contributed by atoms with Crippen LogP contribution in [-0.4, -0.2) is 62.8 Å². The first-order chi connectivity index (χ1) is 8.52. The fourth-order valence-electron chi connectivity index (χ4n) is 1.16. The summed E-state index contributed by atoms with van der Waals surface area (Å²) < 4.78 is 10.5. The topological polar surface area (TPSA) is 106 Å². The maximum Gasteiger partial charge on any atom is 0.312 e. The number of primary amides is 1. The first-order valence-corrected chi connectivity index (χ1v) is 6.13. The van der Waals surface area contributed by atoms with Crippen molar-refractivity contribution in [3.05, 3.63) is 0 Å². The molecule has 108 valence electrons. The van der Waals surface area contributed by atoms with Gasteiger partial charge in [0.25, 0.3) is 0 Å². The molecule has 0 fully saturated rings. The zero-order valence-corrected chi connectivity index (χ0v) is 11.1. The summed E-state index contributed by atoms with van der Waals surface area (Å²) in [5.74, 6) is 0. The molecule has 1 unspecified atom stereocenters. The third-order valence-electron chi connectivity index (χ3n) is 1.97. The standard InChI is InChI=1S/C11H25N3O4/c1-9(2)18-6-5-17-8-10(15)7-13-3-4-14-11(12)16/h9-10,13,15H,3-8H2,1-2H3,(H3,12,14,16). The second kappa shape index (κ2) is 11.2. The molecule has 0 saturated heterocycles. The van der Waals surface area contributed by atoms with Gasteiger partial charge >= 0.3 is 6.03 Å². The lowest BCUT2D eigenvalue weighted by atomic mass is 10.4. The zero-order valence-electron chi connectivity index (χ0n) is 11.1. The van der Waals surface area contributed by atoms with E-state index in [0.29, 0.717) is 32.8 Å². The lowest BCUT2D eigenvalue weighted by Crippen LogP contribution is -2.38. The second-order valence-corrected chi connectivity index (χ2v) is 4.14. The van der Waals surface area contributed by atoms with Gasteiger partial charge in [0, 0.05) is 19.6 Å². The Kier molecular flexibility index (Phi) is 10.7. The van der Waals surface area contributed by atoms with Gasteiger partial charge in [0.15, 0.2) is 0 Å². The summed E-state index contributed by atoms with van der Waals surface area (Å²) in [4.78, 5) is 10.3. The van der Waals surface area contributed by atoms with E-state index < -0.39 is 12.1 Å². The highest BCUT2D eigenvalue weighted by Gasteiger charge is 2.03. The van der Waals surface area contributed by atoms with Crippen molar-refractivity contribution in [2.24, 2.45) is 5.73 Å². The van der Waals surface area contributed by atoms with Crippen LogP contribution >= 0.6 is 0 Å². The van der Waals surface area contributed by atoms with E-state index in [1.165, 1.54) is 0 Å².